The Bertz CT molecular complexity index is 1410. The van der Waals surface area contributed by atoms with E-state index in [2.05, 4.69) is 4.74 Å². The van der Waals surface area contributed by atoms with Gasteiger partial charge in [0, 0.05) is 11.5 Å². The van der Waals surface area contributed by atoms with Crippen LogP contribution in [0, 0.1) is 11.2 Å². The first-order chi connectivity index (χ1) is 18.3. The zero-order valence-electron chi connectivity index (χ0n) is 22.5. The molecule has 40 heavy (non-hydrogen) atoms. The van der Waals surface area contributed by atoms with Crippen molar-refractivity contribution >= 4 is 27.6 Å². The lowest BCUT2D eigenvalue weighted by Crippen LogP contribution is -2.47. The summed E-state index contributed by atoms with van der Waals surface area (Å²) in [6.45, 7) is 4.29. The zero-order valence-corrected chi connectivity index (χ0v) is 23.3. The average molecular weight is 591 g/mol. The van der Waals surface area contributed by atoms with Gasteiger partial charge in [-0.2, -0.15) is 13.2 Å². The van der Waals surface area contributed by atoms with Gasteiger partial charge in [0.15, 0.2) is 11.6 Å². The molecular weight excluding hydrogens is 560 g/mol. The van der Waals surface area contributed by atoms with Crippen LogP contribution in [0.1, 0.15) is 39.7 Å². The highest BCUT2D eigenvalue weighted by molar-refractivity contribution is 7.92. The van der Waals surface area contributed by atoms with Crippen molar-refractivity contribution in [3.8, 4) is 11.5 Å². The molecule has 2 N–H and O–H groups in total. The number of sulfonamides is 1. The molecule has 3 rings (SSSR count). The van der Waals surface area contributed by atoms with E-state index in [4.69, 9.17) is 15.2 Å². The van der Waals surface area contributed by atoms with Crippen LogP contribution >= 0.6 is 0 Å². The largest absolute Gasteiger partial charge is 0.494 e. The van der Waals surface area contributed by atoms with Gasteiger partial charge in [0.05, 0.1) is 30.7 Å². The molecule has 0 saturated carbocycles. The number of halogens is 4. The molecule has 0 bridgehead atoms. The summed E-state index contributed by atoms with van der Waals surface area (Å²) < 4.78 is 97.5. The molecule has 9 nitrogen and oxygen atoms in total. The number of anilines is 1. The quantitative estimate of drug-likeness (QED) is 0.344. The molecule has 2 aromatic rings. The second-order valence-electron chi connectivity index (χ2n) is 10.5. The van der Waals surface area contributed by atoms with E-state index in [1.807, 2.05) is 0 Å². The van der Waals surface area contributed by atoms with Crippen LogP contribution in [0.4, 0.5) is 23.2 Å². The predicted molar refractivity (Wildman–Crippen MR) is 136 cm³/mol. The molecule has 2 aromatic carbocycles. The molecule has 0 unspecified atom stereocenters. The molecule has 1 aliphatic heterocycles. The number of hydrogen-bond donors (Lipinski definition) is 1. The van der Waals surface area contributed by atoms with E-state index < -0.39 is 57.4 Å². The summed E-state index contributed by atoms with van der Waals surface area (Å²) in [6, 6.07) is 7.01. The van der Waals surface area contributed by atoms with Crippen molar-refractivity contribution in [1.29, 1.82) is 0 Å². The third-order valence-electron chi connectivity index (χ3n) is 6.47. The summed E-state index contributed by atoms with van der Waals surface area (Å²) in [5.41, 5.74) is 1.82. The van der Waals surface area contributed by atoms with E-state index in [1.54, 1.807) is 13.8 Å². The van der Waals surface area contributed by atoms with Gasteiger partial charge in [0.2, 0.25) is 11.5 Å². The third kappa shape index (κ3) is 6.43. The molecule has 0 radical (unpaired) electrons. The van der Waals surface area contributed by atoms with E-state index in [1.165, 1.54) is 25.3 Å². The summed E-state index contributed by atoms with van der Waals surface area (Å²) in [6.07, 6.45) is -6.19. The number of esters is 1. The maximum atomic E-state index is 14.0. The molecule has 0 aromatic heterocycles. The first-order valence-electron chi connectivity index (χ1n) is 12.0. The van der Waals surface area contributed by atoms with Gasteiger partial charge in [-0.05, 0) is 50.1 Å². The summed E-state index contributed by atoms with van der Waals surface area (Å²) in [5.74, 6) is -2.84. The smallest absolute Gasteiger partial charge is 0.427 e. The molecule has 1 heterocycles. The van der Waals surface area contributed by atoms with Crippen molar-refractivity contribution in [3.05, 3.63) is 47.8 Å². The fourth-order valence-electron chi connectivity index (χ4n) is 3.94. The Hall–Kier alpha value is -3.55. The Balaban J connectivity index is 2.03. The fraction of sp³-hybridized carbons (Fsp3) is 0.462. The summed E-state index contributed by atoms with van der Waals surface area (Å²) in [4.78, 5) is 23.9. The number of nitrogens with zero attached hydrogens (tertiary/aromatic N) is 1. The van der Waals surface area contributed by atoms with Crippen molar-refractivity contribution in [2.45, 2.75) is 63.3 Å². The van der Waals surface area contributed by atoms with Gasteiger partial charge in [0.1, 0.15) is 11.9 Å². The minimum atomic E-state index is -4.80. The van der Waals surface area contributed by atoms with Gasteiger partial charge in [-0.15, -0.1) is 0 Å². The number of alkyl halides is 3. The molecule has 0 saturated heterocycles. The number of fused-ring (bicyclic) bond motifs is 1. The highest BCUT2D eigenvalue weighted by atomic mass is 32.2. The van der Waals surface area contributed by atoms with Crippen molar-refractivity contribution in [2.24, 2.45) is 11.1 Å². The van der Waals surface area contributed by atoms with Crippen LogP contribution in [0.5, 0.6) is 11.5 Å². The lowest BCUT2D eigenvalue weighted by Gasteiger charge is -2.38. The Morgan fingerprint density at radius 2 is 1.75 bits per heavy atom. The highest BCUT2D eigenvalue weighted by Crippen LogP contribution is 2.41. The molecule has 1 amide bonds. The second-order valence-corrected chi connectivity index (χ2v) is 12.3. The number of methoxy groups -OCH3 is 1. The van der Waals surface area contributed by atoms with Gasteiger partial charge in [-0.25, -0.2) is 12.8 Å². The standard InChI is InChI=1S/C26H30F4N2O7S/c1-24(2,23(31)34)13-16-14-32(40(35,36)17-7-8-18(27)21(12-17)37-5)19-10-15(6-9-20(19)38-16)11-22(33)39-25(3,4)26(28,29)30/h6-10,12,16H,11,13-14H2,1-5H3,(H2,31,34)/t16-/m0/s1. The average Bonchev–Trinajstić information content (AvgIpc) is 2.82. The van der Waals surface area contributed by atoms with Crippen LogP contribution in [-0.4, -0.2) is 51.8 Å². The minimum absolute atomic E-state index is 0.0168. The number of benzene rings is 2. The molecule has 0 fully saturated rings. The van der Waals surface area contributed by atoms with Crippen molar-refractivity contribution in [3.63, 3.8) is 0 Å². The van der Waals surface area contributed by atoms with Gasteiger partial charge in [0.25, 0.3) is 10.0 Å². The van der Waals surface area contributed by atoms with E-state index in [-0.39, 0.29) is 40.6 Å². The van der Waals surface area contributed by atoms with Crippen LogP contribution in [0.3, 0.4) is 0 Å². The number of nitrogens with two attached hydrogens (primary N) is 1. The first kappa shape index (κ1) is 31.0. The lowest BCUT2D eigenvalue weighted by atomic mass is 9.85. The number of rotatable bonds is 9. The number of ether oxygens (including phenoxy) is 3. The number of amides is 1. The van der Waals surface area contributed by atoms with Gasteiger partial charge in [-0.3, -0.25) is 13.9 Å². The van der Waals surface area contributed by atoms with Crippen LogP contribution in [0.2, 0.25) is 0 Å². The predicted octanol–water partition coefficient (Wildman–Crippen LogP) is 4.12. The fourth-order valence-corrected chi connectivity index (χ4v) is 5.46. The molecule has 14 heteroatoms. The maximum Gasteiger partial charge on any atom is 0.427 e. The summed E-state index contributed by atoms with van der Waals surface area (Å²) in [7, 11) is -3.23. The van der Waals surface area contributed by atoms with Crippen LogP contribution in [0.15, 0.2) is 41.3 Å². The van der Waals surface area contributed by atoms with Crippen molar-refractivity contribution < 1.29 is 49.8 Å². The minimum Gasteiger partial charge on any atom is -0.494 e. The number of carbonyl (C=O) groups is 2. The monoisotopic (exact) mass is 590 g/mol. The van der Waals surface area contributed by atoms with Gasteiger partial charge in [-0.1, -0.05) is 19.9 Å². The molecule has 220 valence electrons. The molecule has 1 aliphatic rings. The SMILES string of the molecule is COc1cc(S(=O)(=O)N2C[C@H](CC(C)(C)C(N)=O)Oc3ccc(CC(=O)OC(C)(C)C(F)(F)F)cc32)ccc1F. The van der Waals surface area contributed by atoms with E-state index in [9.17, 15) is 35.6 Å². The highest BCUT2D eigenvalue weighted by Gasteiger charge is 2.50. The van der Waals surface area contributed by atoms with E-state index >= 15 is 0 Å². The van der Waals surface area contributed by atoms with E-state index in [0.717, 1.165) is 22.5 Å². The Labute approximate surface area is 229 Å². The number of primary amides is 1. The van der Waals surface area contributed by atoms with Gasteiger partial charge >= 0.3 is 12.1 Å². The summed E-state index contributed by atoms with van der Waals surface area (Å²) in [5, 5.41) is 0. The Morgan fingerprint density at radius 1 is 1.10 bits per heavy atom. The zero-order chi connectivity index (χ0) is 30.3. The Kier molecular flexibility index (Phi) is 8.36. The van der Waals surface area contributed by atoms with Crippen molar-refractivity contribution in [1.82, 2.24) is 0 Å². The number of hydrogen-bond acceptors (Lipinski definition) is 7. The molecule has 0 aliphatic carbocycles. The number of carbonyl (C=O) groups excluding carboxylic acids is 2. The lowest BCUT2D eigenvalue weighted by molar-refractivity contribution is -0.257. The first-order valence-corrected chi connectivity index (χ1v) is 13.5. The third-order valence-corrected chi connectivity index (χ3v) is 8.25. The normalized spacial score (nSPS) is 16.1. The molecule has 0 spiro atoms. The van der Waals surface area contributed by atoms with Crippen LogP contribution < -0.4 is 19.5 Å². The topological polar surface area (TPSA) is 125 Å². The van der Waals surface area contributed by atoms with Gasteiger partial charge < -0.3 is 19.9 Å². The van der Waals surface area contributed by atoms with Crippen molar-refractivity contribution in [2.75, 3.05) is 18.0 Å². The summed E-state index contributed by atoms with van der Waals surface area (Å²) >= 11 is 0. The molecular formula is C26H30F4N2O7S. The Morgan fingerprint density at radius 3 is 2.33 bits per heavy atom. The maximum absolute atomic E-state index is 14.0. The van der Waals surface area contributed by atoms with Crippen LogP contribution in [-0.2, 0) is 30.8 Å². The van der Waals surface area contributed by atoms with E-state index in [0.29, 0.717) is 13.8 Å². The second kappa shape index (κ2) is 10.8. The molecule has 1 atom stereocenters. The van der Waals surface area contributed by atoms with Crippen LogP contribution in [0.25, 0.3) is 0 Å².